The van der Waals surface area contributed by atoms with Crippen LogP contribution in [0.2, 0.25) is 5.02 Å². The van der Waals surface area contributed by atoms with Crippen LogP contribution >= 0.6 is 22.9 Å². The van der Waals surface area contributed by atoms with Gasteiger partial charge in [0.25, 0.3) is 5.91 Å². The van der Waals surface area contributed by atoms with Gasteiger partial charge in [0.15, 0.2) is 5.00 Å². The fraction of sp³-hybridized carbons (Fsp3) is 0.182. The summed E-state index contributed by atoms with van der Waals surface area (Å²) < 4.78 is 0. The Morgan fingerprint density at radius 3 is 2.48 bits per heavy atom. The topological polar surface area (TPSA) is 101 Å². The number of carbonyl (C=O) groups is 1. The minimum absolute atomic E-state index is 0.0700. The van der Waals surface area contributed by atoms with Crippen molar-refractivity contribution in [2.24, 2.45) is 10.2 Å². The first kappa shape index (κ1) is 22.4. The number of nitrogens with one attached hydrogen (secondary N) is 1. The largest absolute Gasteiger partial charge is 0.395 e. The number of thiophene rings is 1. The monoisotopic (exact) mass is 453 g/mol. The highest BCUT2D eigenvalue weighted by Gasteiger charge is 2.22. The lowest BCUT2D eigenvalue weighted by Crippen LogP contribution is -2.20. The van der Waals surface area contributed by atoms with Gasteiger partial charge in [0, 0.05) is 34.9 Å². The van der Waals surface area contributed by atoms with Crippen molar-refractivity contribution < 1.29 is 9.90 Å². The van der Waals surface area contributed by atoms with E-state index in [1.54, 1.807) is 43.3 Å². The van der Waals surface area contributed by atoms with E-state index in [-0.39, 0.29) is 23.6 Å². The Bertz CT molecular complexity index is 1130. The molecule has 31 heavy (non-hydrogen) atoms. The van der Waals surface area contributed by atoms with Gasteiger partial charge in [-0.25, -0.2) is 0 Å². The van der Waals surface area contributed by atoms with E-state index in [2.05, 4.69) is 21.6 Å². The molecule has 0 unspecified atom stereocenters. The molecule has 0 radical (unpaired) electrons. The van der Waals surface area contributed by atoms with Gasteiger partial charge >= 0.3 is 0 Å². The van der Waals surface area contributed by atoms with Crippen LogP contribution in [-0.4, -0.2) is 31.2 Å². The number of aliphatic hydroxyl groups is 1. The molecule has 3 rings (SSSR count). The predicted octanol–water partition coefficient (Wildman–Crippen LogP) is 5.68. The number of benzene rings is 2. The summed E-state index contributed by atoms with van der Waals surface area (Å²) in [4.78, 5) is 15.4. The Labute approximate surface area is 189 Å². The first-order chi connectivity index (χ1) is 14.9. The normalized spacial score (nSPS) is 10.8. The number of likely N-dealkylation sites (N-methyl/N-ethyl adjacent to an activating group) is 1. The average molecular weight is 454 g/mol. The van der Waals surface area contributed by atoms with Crippen molar-refractivity contribution in [2.45, 2.75) is 6.92 Å². The molecule has 3 aromatic rings. The van der Waals surface area contributed by atoms with Crippen molar-refractivity contribution in [3.05, 3.63) is 69.6 Å². The predicted molar refractivity (Wildman–Crippen MR) is 124 cm³/mol. The van der Waals surface area contributed by atoms with E-state index < -0.39 is 0 Å². The van der Waals surface area contributed by atoms with Crippen molar-refractivity contribution in [1.29, 1.82) is 5.26 Å². The Kier molecular flexibility index (Phi) is 7.36. The molecular formula is C22H20ClN5O2S. The molecule has 0 aliphatic rings. The molecule has 0 aliphatic heterocycles. The van der Waals surface area contributed by atoms with E-state index >= 15 is 0 Å². The number of hydrogen-bond acceptors (Lipinski definition) is 7. The summed E-state index contributed by atoms with van der Waals surface area (Å²) in [6, 6.07) is 16.2. The third-order valence-corrected chi connectivity index (χ3v) is 5.73. The Morgan fingerprint density at radius 1 is 1.19 bits per heavy atom. The second-order valence-electron chi connectivity index (χ2n) is 6.65. The maximum absolute atomic E-state index is 12.8. The lowest BCUT2D eigenvalue weighted by molar-refractivity contribution is 0.102. The van der Waals surface area contributed by atoms with Gasteiger partial charge < -0.3 is 15.3 Å². The second-order valence-corrected chi connectivity index (χ2v) is 8.29. The van der Waals surface area contributed by atoms with Crippen molar-refractivity contribution in [2.75, 3.05) is 30.4 Å². The van der Waals surface area contributed by atoms with Crippen LogP contribution in [0, 0.1) is 18.3 Å². The molecule has 2 aromatic carbocycles. The maximum Gasteiger partial charge on any atom is 0.258 e. The minimum atomic E-state index is -0.384. The number of amides is 1. The van der Waals surface area contributed by atoms with Crippen LogP contribution in [0.4, 0.5) is 22.1 Å². The van der Waals surface area contributed by atoms with E-state index in [9.17, 15) is 10.1 Å². The number of aliphatic hydroxyl groups excluding tert-OH is 1. The van der Waals surface area contributed by atoms with E-state index in [1.807, 2.05) is 24.1 Å². The molecule has 0 spiro atoms. The van der Waals surface area contributed by atoms with E-state index in [0.717, 1.165) is 5.69 Å². The van der Waals surface area contributed by atoms with Crippen LogP contribution in [0.15, 0.2) is 58.8 Å². The summed E-state index contributed by atoms with van der Waals surface area (Å²) in [5.41, 5.74) is 2.62. The lowest BCUT2D eigenvalue weighted by atomic mass is 10.1. The Balaban J connectivity index is 1.80. The number of aryl methyl sites for hydroxylation is 1. The molecule has 1 amide bonds. The number of azo groups is 1. The molecule has 0 bridgehead atoms. The molecule has 1 heterocycles. The second kappa shape index (κ2) is 10.2. The first-order valence-corrected chi connectivity index (χ1v) is 10.6. The SMILES string of the molecule is Cc1sc(N=Nc2ccc(N(C)CCO)cc2)c(C#N)c1C(=O)Nc1ccc(Cl)cc1. The number of anilines is 2. The Morgan fingerprint density at radius 2 is 1.87 bits per heavy atom. The first-order valence-electron chi connectivity index (χ1n) is 9.37. The quantitative estimate of drug-likeness (QED) is 0.449. The Hall–Kier alpha value is -3.25. The van der Waals surface area contributed by atoms with Gasteiger partial charge in [-0.2, -0.15) is 5.26 Å². The molecule has 0 fully saturated rings. The summed E-state index contributed by atoms with van der Waals surface area (Å²) >= 11 is 7.12. The summed E-state index contributed by atoms with van der Waals surface area (Å²) in [6.45, 7) is 2.37. The van der Waals surface area contributed by atoms with Crippen molar-refractivity contribution in [1.82, 2.24) is 0 Å². The summed E-state index contributed by atoms with van der Waals surface area (Å²) in [5, 5.41) is 30.8. The molecule has 158 valence electrons. The molecule has 0 aliphatic carbocycles. The van der Waals surface area contributed by atoms with Gasteiger partial charge in [0.05, 0.1) is 17.9 Å². The number of hydrogen-bond donors (Lipinski definition) is 2. The minimum Gasteiger partial charge on any atom is -0.395 e. The van der Waals surface area contributed by atoms with Crippen molar-refractivity contribution in [3.63, 3.8) is 0 Å². The number of nitriles is 1. The summed E-state index contributed by atoms with van der Waals surface area (Å²) in [6.07, 6.45) is 0. The zero-order chi connectivity index (χ0) is 22.4. The molecule has 1 aromatic heterocycles. The third kappa shape index (κ3) is 5.47. The van der Waals surface area contributed by atoms with Crippen molar-refractivity contribution >= 4 is 50.9 Å². The summed E-state index contributed by atoms with van der Waals surface area (Å²) in [5.74, 6) is -0.384. The van der Waals surface area contributed by atoms with E-state index in [0.29, 0.717) is 32.8 Å². The number of carbonyl (C=O) groups excluding carboxylic acids is 1. The van der Waals surface area contributed by atoms with Gasteiger partial charge in [-0.05, 0) is 55.5 Å². The van der Waals surface area contributed by atoms with Crippen molar-refractivity contribution in [3.8, 4) is 6.07 Å². The molecule has 0 saturated heterocycles. The van der Waals surface area contributed by atoms with Gasteiger partial charge in [0.2, 0.25) is 0 Å². The lowest BCUT2D eigenvalue weighted by Gasteiger charge is -2.17. The molecule has 9 heteroatoms. The number of halogens is 1. The highest BCUT2D eigenvalue weighted by Crippen LogP contribution is 2.36. The highest BCUT2D eigenvalue weighted by atomic mass is 35.5. The van der Waals surface area contributed by atoms with Crippen LogP contribution in [-0.2, 0) is 0 Å². The number of rotatable bonds is 7. The highest BCUT2D eigenvalue weighted by molar-refractivity contribution is 7.16. The maximum atomic E-state index is 12.8. The fourth-order valence-corrected chi connectivity index (χ4v) is 3.90. The molecule has 2 N–H and O–H groups in total. The van der Waals surface area contributed by atoms with Crippen LogP contribution < -0.4 is 10.2 Å². The molecular weight excluding hydrogens is 434 g/mol. The fourth-order valence-electron chi connectivity index (χ4n) is 2.86. The standard InChI is InChI=1S/C22H20ClN5O2S/c1-14-20(21(30)25-16-5-3-15(23)4-6-16)19(13-24)22(31-14)27-26-17-7-9-18(10-8-17)28(2)11-12-29/h3-10,29H,11-12H2,1-2H3,(H,25,30). The smallest absolute Gasteiger partial charge is 0.258 e. The van der Waals surface area contributed by atoms with Crippen LogP contribution in [0.5, 0.6) is 0 Å². The third-order valence-electron chi connectivity index (χ3n) is 4.49. The molecule has 0 atom stereocenters. The van der Waals surface area contributed by atoms with Crippen LogP contribution in [0.25, 0.3) is 0 Å². The van der Waals surface area contributed by atoms with E-state index in [1.165, 1.54) is 11.3 Å². The zero-order valence-electron chi connectivity index (χ0n) is 17.0. The van der Waals surface area contributed by atoms with Gasteiger partial charge in [0.1, 0.15) is 11.6 Å². The zero-order valence-corrected chi connectivity index (χ0v) is 18.5. The average Bonchev–Trinajstić information content (AvgIpc) is 3.09. The van der Waals surface area contributed by atoms with Crippen LogP contribution in [0.3, 0.4) is 0 Å². The van der Waals surface area contributed by atoms with Gasteiger partial charge in [-0.15, -0.1) is 21.6 Å². The van der Waals surface area contributed by atoms with Crippen LogP contribution in [0.1, 0.15) is 20.8 Å². The molecule has 0 saturated carbocycles. The molecule has 7 nitrogen and oxygen atoms in total. The summed E-state index contributed by atoms with van der Waals surface area (Å²) in [7, 11) is 1.89. The van der Waals surface area contributed by atoms with Gasteiger partial charge in [-0.3, -0.25) is 4.79 Å². The van der Waals surface area contributed by atoms with Gasteiger partial charge in [-0.1, -0.05) is 11.6 Å². The number of nitrogens with zero attached hydrogens (tertiary/aromatic N) is 4. The van der Waals surface area contributed by atoms with E-state index in [4.69, 9.17) is 16.7 Å².